The van der Waals surface area contributed by atoms with Crippen molar-refractivity contribution in [3.8, 4) is 23.8 Å². The Labute approximate surface area is 243 Å². The molecule has 0 fully saturated rings. The van der Waals surface area contributed by atoms with Crippen LogP contribution < -0.4 is 25.5 Å². The predicted molar refractivity (Wildman–Crippen MR) is 154 cm³/mol. The molecule has 0 saturated carbocycles. The maximum absolute atomic E-state index is 12.7. The van der Waals surface area contributed by atoms with Crippen molar-refractivity contribution in [2.45, 2.75) is 19.9 Å². The van der Waals surface area contributed by atoms with E-state index in [1.54, 1.807) is 38.1 Å². The number of nitro groups is 1. The molecule has 0 unspecified atom stereocenters. The number of nitrogens with zero attached hydrogens (tertiary/aromatic N) is 2. The van der Waals surface area contributed by atoms with Crippen LogP contribution in [0.5, 0.6) is 11.5 Å². The second-order valence-electron chi connectivity index (χ2n) is 8.01. The number of esters is 1. The molecule has 14 heteroatoms. The summed E-state index contributed by atoms with van der Waals surface area (Å²) in [5, 5.41) is 21.6. The van der Waals surface area contributed by atoms with Gasteiger partial charge in [-0.15, -0.1) is 6.42 Å². The highest BCUT2D eigenvalue weighted by molar-refractivity contribution is 9.10. The lowest BCUT2D eigenvalue weighted by Gasteiger charge is -2.30. The molecule has 0 bridgehead atoms. The van der Waals surface area contributed by atoms with Crippen LogP contribution in [0.1, 0.15) is 31.0 Å². The predicted octanol–water partition coefficient (Wildman–Crippen LogP) is 3.25. The minimum Gasteiger partial charge on any atom is -0.483 e. The van der Waals surface area contributed by atoms with Crippen molar-refractivity contribution in [3.05, 3.63) is 73.4 Å². The van der Waals surface area contributed by atoms with Gasteiger partial charge in [0.1, 0.15) is 12.4 Å². The van der Waals surface area contributed by atoms with Gasteiger partial charge in [0.25, 0.3) is 5.91 Å². The third-order valence-electron chi connectivity index (χ3n) is 5.30. The van der Waals surface area contributed by atoms with Gasteiger partial charge < -0.3 is 24.8 Å². The number of rotatable bonds is 11. The zero-order valence-corrected chi connectivity index (χ0v) is 23.8. The Kier molecular flexibility index (Phi) is 10.6. The van der Waals surface area contributed by atoms with E-state index in [1.807, 2.05) is 0 Å². The SMILES string of the molecule is C#CCOc1c(Br)cc(C=NNC(=O)COc2ccccc2[C@H]2NC(=S)NC(C)=C2C(=O)OCC)cc1[N+](=O)[O-]. The molecule has 3 N–H and O–H groups in total. The number of ether oxygens (including phenoxy) is 3. The first-order chi connectivity index (χ1) is 19.2. The van der Waals surface area contributed by atoms with Gasteiger partial charge >= 0.3 is 11.7 Å². The molecule has 0 spiro atoms. The normalized spacial score (nSPS) is 14.6. The lowest BCUT2D eigenvalue weighted by Crippen LogP contribution is -2.45. The van der Waals surface area contributed by atoms with Gasteiger partial charge in [0, 0.05) is 22.9 Å². The minimum atomic E-state index is -0.674. The summed E-state index contributed by atoms with van der Waals surface area (Å²) in [5.74, 6) is 1.45. The fraction of sp³-hybridized carbons (Fsp3) is 0.231. The van der Waals surface area contributed by atoms with E-state index in [2.05, 4.69) is 43.0 Å². The third kappa shape index (κ3) is 7.55. The molecule has 208 valence electrons. The highest BCUT2D eigenvalue weighted by Crippen LogP contribution is 2.36. The molecule has 1 amide bonds. The first-order valence-electron chi connectivity index (χ1n) is 11.7. The molecular weight excluding hydrogens is 606 g/mol. The van der Waals surface area contributed by atoms with Gasteiger partial charge in [-0.2, -0.15) is 5.10 Å². The quantitative estimate of drug-likeness (QED) is 0.0842. The Balaban J connectivity index is 1.71. The molecule has 0 aromatic heterocycles. The van der Waals surface area contributed by atoms with Crippen molar-refractivity contribution in [2.75, 3.05) is 19.8 Å². The Hall–Kier alpha value is -4.48. The number of nitrogens with one attached hydrogen (secondary N) is 3. The molecule has 1 aliphatic heterocycles. The number of hydrogen-bond donors (Lipinski definition) is 3. The molecular formula is C26H24BrN5O7S. The standard InChI is InChI=1S/C26H24BrN5O7S/c1-4-10-38-24-18(27)11-16(12-19(24)32(35)36)13-28-31-21(33)14-39-20-9-7-6-8-17(20)23-22(25(34)37-5-2)15(3)29-26(40)30-23/h1,6-9,11-13,23H,5,10,14H2,2-3H3,(H,31,33)(H2,29,30,40)/t23-/m1/s1. The molecule has 0 saturated heterocycles. The van der Waals surface area contributed by atoms with E-state index in [-0.39, 0.29) is 24.7 Å². The van der Waals surface area contributed by atoms with Crippen LogP contribution in [0.15, 0.2) is 57.2 Å². The summed E-state index contributed by atoms with van der Waals surface area (Å²) < 4.78 is 16.5. The summed E-state index contributed by atoms with van der Waals surface area (Å²) in [6.45, 7) is 3.06. The Bertz CT molecular complexity index is 1440. The van der Waals surface area contributed by atoms with Crippen LogP contribution in [0.3, 0.4) is 0 Å². The summed E-state index contributed by atoms with van der Waals surface area (Å²) in [7, 11) is 0. The summed E-state index contributed by atoms with van der Waals surface area (Å²) in [6, 6.07) is 8.95. The van der Waals surface area contributed by atoms with Crippen LogP contribution in [-0.4, -0.2) is 47.9 Å². The van der Waals surface area contributed by atoms with Gasteiger partial charge in [0.05, 0.1) is 33.8 Å². The van der Waals surface area contributed by atoms with E-state index in [4.69, 9.17) is 32.9 Å². The van der Waals surface area contributed by atoms with E-state index in [0.717, 1.165) is 0 Å². The van der Waals surface area contributed by atoms with Gasteiger partial charge in [0.15, 0.2) is 11.7 Å². The average Bonchev–Trinajstić information content (AvgIpc) is 2.90. The van der Waals surface area contributed by atoms with E-state index in [0.29, 0.717) is 37.7 Å². The first kappa shape index (κ1) is 30.1. The number of nitro benzene ring substituents is 1. The number of allylic oxidation sites excluding steroid dienone is 1. The summed E-state index contributed by atoms with van der Waals surface area (Å²) in [6.07, 6.45) is 6.39. The van der Waals surface area contributed by atoms with Crippen LogP contribution >= 0.6 is 28.1 Å². The molecule has 2 aromatic carbocycles. The lowest BCUT2D eigenvalue weighted by atomic mass is 9.95. The van der Waals surface area contributed by atoms with Gasteiger partial charge in [0.2, 0.25) is 5.75 Å². The van der Waals surface area contributed by atoms with Crippen molar-refractivity contribution in [2.24, 2.45) is 5.10 Å². The number of halogens is 1. The Morgan fingerprint density at radius 3 is 2.77 bits per heavy atom. The maximum Gasteiger partial charge on any atom is 0.338 e. The third-order valence-corrected chi connectivity index (χ3v) is 6.11. The van der Waals surface area contributed by atoms with Crippen LogP contribution in [0.25, 0.3) is 0 Å². The van der Waals surface area contributed by atoms with E-state index in [9.17, 15) is 19.7 Å². The molecule has 3 rings (SSSR count). The largest absolute Gasteiger partial charge is 0.483 e. The number of carbonyl (C=O) groups is 2. The van der Waals surface area contributed by atoms with E-state index < -0.39 is 29.4 Å². The number of benzene rings is 2. The second-order valence-corrected chi connectivity index (χ2v) is 9.27. The zero-order chi connectivity index (χ0) is 29.2. The highest BCUT2D eigenvalue weighted by atomic mass is 79.9. The smallest absolute Gasteiger partial charge is 0.338 e. The summed E-state index contributed by atoms with van der Waals surface area (Å²) in [4.78, 5) is 35.9. The lowest BCUT2D eigenvalue weighted by molar-refractivity contribution is -0.385. The number of amides is 1. The van der Waals surface area contributed by atoms with Crippen molar-refractivity contribution in [3.63, 3.8) is 0 Å². The number of para-hydroxylation sites is 1. The molecule has 2 aromatic rings. The number of terminal acetylenes is 1. The van der Waals surface area contributed by atoms with Crippen molar-refractivity contribution >= 4 is 57.0 Å². The summed E-state index contributed by atoms with van der Waals surface area (Å²) >= 11 is 8.49. The molecule has 1 aliphatic rings. The van der Waals surface area contributed by atoms with Crippen LogP contribution in [-0.2, 0) is 14.3 Å². The first-order valence-corrected chi connectivity index (χ1v) is 12.9. The monoisotopic (exact) mass is 629 g/mol. The van der Waals surface area contributed by atoms with Crippen LogP contribution in [0, 0.1) is 22.5 Å². The van der Waals surface area contributed by atoms with Crippen molar-refractivity contribution in [1.82, 2.24) is 16.1 Å². The van der Waals surface area contributed by atoms with Crippen molar-refractivity contribution < 1.29 is 28.7 Å². The van der Waals surface area contributed by atoms with Gasteiger partial charge in [-0.25, -0.2) is 10.2 Å². The van der Waals surface area contributed by atoms with Gasteiger partial charge in [-0.1, -0.05) is 24.1 Å². The molecule has 0 aliphatic carbocycles. The van der Waals surface area contributed by atoms with Gasteiger partial charge in [-0.3, -0.25) is 14.9 Å². The average molecular weight is 630 g/mol. The fourth-order valence-electron chi connectivity index (χ4n) is 3.68. The molecule has 0 radical (unpaired) electrons. The molecule has 1 heterocycles. The van der Waals surface area contributed by atoms with Crippen LogP contribution in [0.4, 0.5) is 5.69 Å². The maximum atomic E-state index is 12.7. The summed E-state index contributed by atoms with van der Waals surface area (Å²) in [5.41, 5.74) is 3.74. The molecule has 12 nitrogen and oxygen atoms in total. The van der Waals surface area contributed by atoms with Crippen LogP contribution in [0.2, 0.25) is 0 Å². The zero-order valence-electron chi connectivity index (χ0n) is 21.4. The molecule has 40 heavy (non-hydrogen) atoms. The number of thiocarbonyl (C=S) groups is 1. The van der Waals surface area contributed by atoms with Crippen molar-refractivity contribution in [1.29, 1.82) is 0 Å². The molecule has 1 atom stereocenters. The minimum absolute atomic E-state index is 0.0173. The Morgan fingerprint density at radius 1 is 1.32 bits per heavy atom. The topological polar surface area (TPSA) is 153 Å². The van der Waals surface area contributed by atoms with Gasteiger partial charge in [-0.05, 0) is 54.1 Å². The van der Waals surface area contributed by atoms with E-state index >= 15 is 0 Å². The Morgan fingerprint density at radius 2 is 2.08 bits per heavy atom. The highest BCUT2D eigenvalue weighted by Gasteiger charge is 2.32. The van der Waals surface area contributed by atoms with E-state index in [1.165, 1.54) is 18.3 Å². The number of hydrazone groups is 1. The number of carbonyl (C=O) groups excluding carboxylic acids is 2. The second kappa shape index (κ2) is 14.1. The number of hydrogen-bond acceptors (Lipinski definition) is 9. The fourth-order valence-corrected chi connectivity index (χ4v) is 4.53.